The van der Waals surface area contributed by atoms with Crippen LogP contribution >= 0.6 is 0 Å². The third kappa shape index (κ3) is 1.88. The lowest BCUT2D eigenvalue weighted by Gasteiger charge is -2.14. The molecule has 18 heavy (non-hydrogen) atoms. The topological polar surface area (TPSA) is 24.6 Å². The second-order valence-electron chi connectivity index (χ2n) is 4.54. The summed E-state index contributed by atoms with van der Waals surface area (Å²) < 4.78 is 7.68. The third-order valence-corrected chi connectivity index (χ3v) is 3.01. The maximum Gasteiger partial charge on any atom is 0.317 e. The summed E-state index contributed by atoms with van der Waals surface area (Å²) in [6.07, 6.45) is 0. The molecule has 0 amide bonds. The summed E-state index contributed by atoms with van der Waals surface area (Å²) in [5, 5.41) is 4.65. The molecule has 1 aliphatic heterocycles. The zero-order chi connectivity index (χ0) is 12.5. The summed E-state index contributed by atoms with van der Waals surface area (Å²) in [5.41, 5.74) is 4.29. The molecule has 3 rings (SSSR count). The van der Waals surface area contributed by atoms with Gasteiger partial charge >= 0.3 is 6.73 Å². The van der Waals surface area contributed by atoms with E-state index in [0.717, 1.165) is 22.7 Å². The van der Waals surface area contributed by atoms with Crippen molar-refractivity contribution in [3.8, 4) is 5.75 Å². The Morgan fingerprint density at radius 2 is 1.89 bits per heavy atom. The fourth-order valence-electron chi connectivity index (χ4n) is 2.21. The highest BCUT2D eigenvalue weighted by Gasteiger charge is 2.22. The minimum Gasteiger partial charge on any atom is -0.431 e. The second-order valence-corrected chi connectivity index (χ2v) is 4.54. The van der Waals surface area contributed by atoms with Crippen molar-refractivity contribution >= 4 is 11.4 Å². The molecule has 2 aromatic rings. The minimum atomic E-state index is 0.459. The predicted octanol–water partition coefficient (Wildman–Crippen LogP) is 4.08. The van der Waals surface area contributed by atoms with Crippen molar-refractivity contribution < 1.29 is 9.43 Å². The Hall–Kier alpha value is -2.16. The molecule has 0 aliphatic carbocycles. The first-order chi connectivity index (χ1) is 8.74. The Morgan fingerprint density at radius 1 is 1.11 bits per heavy atom. The lowest BCUT2D eigenvalue weighted by molar-refractivity contribution is -0.544. The van der Waals surface area contributed by atoms with E-state index in [4.69, 9.17) is 4.74 Å². The Bertz CT molecular complexity index is 618. The maximum atomic E-state index is 5.81. The van der Waals surface area contributed by atoms with Gasteiger partial charge in [0.1, 0.15) is 0 Å². The van der Waals surface area contributed by atoms with E-state index in [2.05, 4.69) is 31.1 Å². The van der Waals surface area contributed by atoms with E-state index >= 15 is 0 Å². The lowest BCUT2D eigenvalue weighted by Crippen LogP contribution is -2.15. The number of hydrogen-bond donors (Lipinski definition) is 0. The number of para-hydroxylation sites is 1. The number of rotatable bonds is 1. The number of hydrogen-bond acceptors (Lipinski definition) is 2. The zero-order valence-electron chi connectivity index (χ0n) is 10.6. The molecule has 0 unspecified atom stereocenters. The molecular formula is C15H15N2O+. The van der Waals surface area contributed by atoms with E-state index in [9.17, 15) is 0 Å². The molecule has 0 saturated carbocycles. The third-order valence-electron chi connectivity index (χ3n) is 3.01. The van der Waals surface area contributed by atoms with E-state index in [0.29, 0.717) is 6.73 Å². The number of fused-ring (bicyclic) bond motifs is 1. The van der Waals surface area contributed by atoms with E-state index in [1.54, 1.807) is 0 Å². The van der Waals surface area contributed by atoms with Gasteiger partial charge in [-0.05, 0) is 35.7 Å². The zero-order valence-corrected chi connectivity index (χ0v) is 10.6. The highest BCUT2D eigenvalue weighted by atomic mass is 16.5. The molecule has 0 atom stereocenters. The van der Waals surface area contributed by atoms with Gasteiger partial charge in [-0.15, -0.1) is 0 Å². The van der Waals surface area contributed by atoms with Crippen LogP contribution in [0.2, 0.25) is 0 Å². The molecule has 0 spiro atoms. The fraction of sp³-hybridized carbons (Fsp3) is 0.200. The average molecular weight is 239 g/mol. The molecule has 0 radical (unpaired) electrons. The van der Waals surface area contributed by atoms with Crippen molar-refractivity contribution in [3.63, 3.8) is 0 Å². The summed E-state index contributed by atoms with van der Waals surface area (Å²) in [6, 6.07) is 14.2. The molecule has 0 saturated heterocycles. The second kappa shape index (κ2) is 4.26. The first-order valence-corrected chi connectivity index (χ1v) is 6.02. The van der Waals surface area contributed by atoms with Crippen molar-refractivity contribution in [1.82, 2.24) is 0 Å². The van der Waals surface area contributed by atoms with Crippen molar-refractivity contribution in [3.05, 3.63) is 53.6 Å². The summed E-state index contributed by atoms with van der Waals surface area (Å²) in [7, 11) is 0. The van der Waals surface area contributed by atoms with Crippen molar-refractivity contribution in [1.29, 1.82) is 0 Å². The monoisotopic (exact) mass is 239 g/mol. The van der Waals surface area contributed by atoms with Gasteiger partial charge < -0.3 is 4.74 Å². The number of benzene rings is 2. The van der Waals surface area contributed by atoms with Gasteiger partial charge in [-0.2, -0.15) is 0 Å². The fourth-order valence-corrected chi connectivity index (χ4v) is 2.21. The smallest absolute Gasteiger partial charge is 0.317 e. The molecule has 2 aromatic carbocycles. The van der Waals surface area contributed by atoms with Crippen LogP contribution in [0.3, 0.4) is 0 Å². The van der Waals surface area contributed by atoms with Crippen molar-refractivity contribution in [2.45, 2.75) is 13.8 Å². The number of ether oxygens (including phenoxy) is 1. The maximum absolute atomic E-state index is 5.81. The quantitative estimate of drug-likeness (QED) is 0.688. The Labute approximate surface area is 106 Å². The lowest BCUT2D eigenvalue weighted by atomic mass is 10.1. The van der Waals surface area contributed by atoms with E-state index in [-0.39, 0.29) is 0 Å². The SMILES string of the molecule is Cc1cc(C)c2c(c1)N=[N+](c1ccccc1)CO2. The first kappa shape index (κ1) is 11.0. The van der Waals surface area contributed by atoms with Gasteiger partial charge in [-0.25, -0.2) is 0 Å². The molecule has 0 bridgehead atoms. The number of nitrogens with zero attached hydrogens (tertiary/aromatic N) is 2. The van der Waals surface area contributed by atoms with Crippen LogP contribution in [-0.4, -0.2) is 11.4 Å². The summed E-state index contributed by atoms with van der Waals surface area (Å²) in [5.74, 6) is 0.896. The van der Waals surface area contributed by atoms with Crippen molar-refractivity contribution in [2.75, 3.05) is 6.73 Å². The largest absolute Gasteiger partial charge is 0.431 e. The summed E-state index contributed by atoms with van der Waals surface area (Å²) in [4.78, 5) is 0. The van der Waals surface area contributed by atoms with Crippen LogP contribution in [-0.2, 0) is 0 Å². The van der Waals surface area contributed by atoms with Gasteiger partial charge in [0.15, 0.2) is 11.4 Å². The van der Waals surface area contributed by atoms with Gasteiger partial charge in [0.05, 0.1) is 0 Å². The molecule has 0 fully saturated rings. The van der Waals surface area contributed by atoms with E-state index < -0.39 is 0 Å². The number of aryl methyl sites for hydroxylation is 2. The van der Waals surface area contributed by atoms with Crippen LogP contribution in [0.5, 0.6) is 5.75 Å². The van der Waals surface area contributed by atoms with Crippen LogP contribution in [0, 0.1) is 13.8 Å². The number of azo groups is 2. The summed E-state index contributed by atoms with van der Waals surface area (Å²) in [6.45, 7) is 4.59. The molecule has 1 heterocycles. The Morgan fingerprint density at radius 3 is 2.67 bits per heavy atom. The molecule has 0 aromatic heterocycles. The highest BCUT2D eigenvalue weighted by molar-refractivity contribution is 5.57. The highest BCUT2D eigenvalue weighted by Crippen LogP contribution is 2.36. The molecular weight excluding hydrogens is 224 g/mol. The van der Waals surface area contributed by atoms with Crippen LogP contribution in [0.15, 0.2) is 47.6 Å². The van der Waals surface area contributed by atoms with Crippen LogP contribution in [0.25, 0.3) is 0 Å². The molecule has 90 valence electrons. The standard InChI is InChI=1S/C15H15N2O/c1-11-8-12(2)15-14(9-11)16-17(10-18-15)13-6-4-3-5-7-13/h3-9H,10H2,1-2H3/q+1. The van der Waals surface area contributed by atoms with Gasteiger partial charge in [0.25, 0.3) is 0 Å². The first-order valence-electron chi connectivity index (χ1n) is 6.02. The van der Waals surface area contributed by atoms with Crippen LogP contribution < -0.4 is 4.74 Å². The van der Waals surface area contributed by atoms with Gasteiger partial charge in [-0.1, -0.05) is 24.3 Å². The normalized spacial score (nSPS) is 13.6. The Kier molecular flexibility index (Phi) is 2.59. The Balaban J connectivity index is 2.09. The van der Waals surface area contributed by atoms with E-state index in [1.807, 2.05) is 35.0 Å². The molecule has 3 nitrogen and oxygen atoms in total. The van der Waals surface area contributed by atoms with Gasteiger partial charge in [0.2, 0.25) is 5.69 Å². The van der Waals surface area contributed by atoms with Crippen LogP contribution in [0.4, 0.5) is 11.4 Å². The minimum absolute atomic E-state index is 0.459. The molecule has 3 heteroatoms. The molecule has 1 aliphatic rings. The average Bonchev–Trinajstić information content (AvgIpc) is 2.39. The van der Waals surface area contributed by atoms with Crippen molar-refractivity contribution in [2.24, 2.45) is 5.11 Å². The van der Waals surface area contributed by atoms with Gasteiger partial charge in [0, 0.05) is 17.2 Å². The van der Waals surface area contributed by atoms with Crippen LogP contribution in [0.1, 0.15) is 11.1 Å². The van der Waals surface area contributed by atoms with E-state index in [1.165, 1.54) is 5.56 Å². The molecule has 0 N–H and O–H groups in total. The summed E-state index contributed by atoms with van der Waals surface area (Å²) >= 11 is 0. The predicted molar refractivity (Wildman–Crippen MR) is 69.9 cm³/mol. The van der Waals surface area contributed by atoms with Gasteiger partial charge in [-0.3, -0.25) is 0 Å².